The molecule has 136 valence electrons. The SMILES string of the molecule is CN(C(=O)Nc1cccc(C(N)=O)c1)C1CCCCC1c1ccccc1. The molecule has 0 heterocycles. The van der Waals surface area contributed by atoms with Gasteiger partial charge in [0.2, 0.25) is 5.91 Å². The highest BCUT2D eigenvalue weighted by molar-refractivity contribution is 5.95. The molecule has 1 fully saturated rings. The number of hydrogen-bond donors (Lipinski definition) is 2. The van der Waals surface area contributed by atoms with Gasteiger partial charge in [0, 0.05) is 30.3 Å². The number of likely N-dealkylation sites (N-methyl/N-ethyl adjacent to an activating group) is 1. The smallest absolute Gasteiger partial charge is 0.321 e. The van der Waals surface area contributed by atoms with Crippen LogP contribution in [0.1, 0.15) is 47.5 Å². The lowest BCUT2D eigenvalue weighted by atomic mass is 9.79. The zero-order valence-corrected chi connectivity index (χ0v) is 15.0. The zero-order valence-electron chi connectivity index (χ0n) is 15.0. The highest BCUT2D eigenvalue weighted by Crippen LogP contribution is 2.35. The van der Waals surface area contributed by atoms with Gasteiger partial charge in [-0.2, -0.15) is 0 Å². The molecule has 3 rings (SSSR count). The molecule has 3 N–H and O–H groups in total. The Balaban J connectivity index is 1.74. The molecule has 0 radical (unpaired) electrons. The van der Waals surface area contributed by atoms with Gasteiger partial charge >= 0.3 is 6.03 Å². The topological polar surface area (TPSA) is 75.4 Å². The molecular formula is C21H25N3O2. The van der Waals surface area contributed by atoms with Crippen LogP contribution >= 0.6 is 0 Å². The van der Waals surface area contributed by atoms with Crippen LogP contribution in [0, 0.1) is 0 Å². The predicted octanol–water partition coefficient (Wildman–Crippen LogP) is 3.98. The Morgan fingerprint density at radius 1 is 1.04 bits per heavy atom. The van der Waals surface area contributed by atoms with Crippen molar-refractivity contribution in [1.82, 2.24) is 4.90 Å². The molecule has 1 aliphatic carbocycles. The van der Waals surface area contributed by atoms with Gasteiger partial charge in [-0.25, -0.2) is 4.79 Å². The van der Waals surface area contributed by atoms with Crippen molar-refractivity contribution < 1.29 is 9.59 Å². The van der Waals surface area contributed by atoms with E-state index in [1.807, 2.05) is 13.1 Å². The lowest BCUT2D eigenvalue weighted by Gasteiger charge is -2.38. The summed E-state index contributed by atoms with van der Waals surface area (Å²) in [5.41, 5.74) is 7.55. The first-order valence-corrected chi connectivity index (χ1v) is 9.05. The molecule has 2 atom stereocenters. The van der Waals surface area contributed by atoms with Gasteiger partial charge in [-0.15, -0.1) is 0 Å². The first kappa shape index (κ1) is 18.0. The Hall–Kier alpha value is -2.82. The number of anilines is 1. The Labute approximate surface area is 154 Å². The third kappa shape index (κ3) is 4.04. The Kier molecular flexibility index (Phi) is 5.56. The van der Waals surface area contributed by atoms with Gasteiger partial charge in [0.25, 0.3) is 0 Å². The molecule has 26 heavy (non-hydrogen) atoms. The maximum Gasteiger partial charge on any atom is 0.321 e. The largest absolute Gasteiger partial charge is 0.366 e. The normalized spacial score (nSPS) is 19.6. The van der Waals surface area contributed by atoms with Crippen LogP contribution in [0.2, 0.25) is 0 Å². The highest BCUT2D eigenvalue weighted by Gasteiger charge is 2.31. The van der Waals surface area contributed by atoms with Crippen molar-refractivity contribution in [3.63, 3.8) is 0 Å². The van der Waals surface area contributed by atoms with Gasteiger partial charge in [-0.1, -0.05) is 49.2 Å². The van der Waals surface area contributed by atoms with E-state index in [9.17, 15) is 9.59 Å². The number of rotatable bonds is 4. The van der Waals surface area contributed by atoms with Crippen LogP contribution in [0.15, 0.2) is 54.6 Å². The Morgan fingerprint density at radius 3 is 2.50 bits per heavy atom. The fraction of sp³-hybridized carbons (Fsp3) is 0.333. The van der Waals surface area contributed by atoms with E-state index in [0.29, 0.717) is 17.2 Å². The summed E-state index contributed by atoms with van der Waals surface area (Å²) in [6, 6.07) is 17.1. The van der Waals surface area contributed by atoms with Crippen molar-refractivity contribution in [2.75, 3.05) is 12.4 Å². The molecule has 2 unspecified atom stereocenters. The summed E-state index contributed by atoms with van der Waals surface area (Å²) in [5.74, 6) is -0.163. The second-order valence-corrected chi connectivity index (χ2v) is 6.86. The van der Waals surface area contributed by atoms with Crippen LogP contribution in [0.4, 0.5) is 10.5 Å². The van der Waals surface area contributed by atoms with E-state index < -0.39 is 5.91 Å². The lowest BCUT2D eigenvalue weighted by Crippen LogP contribution is -2.44. The van der Waals surface area contributed by atoms with Crippen molar-refractivity contribution in [2.45, 2.75) is 37.6 Å². The van der Waals surface area contributed by atoms with Crippen molar-refractivity contribution >= 4 is 17.6 Å². The number of amides is 3. The Morgan fingerprint density at radius 2 is 1.77 bits per heavy atom. The van der Waals surface area contributed by atoms with E-state index in [-0.39, 0.29) is 12.1 Å². The monoisotopic (exact) mass is 351 g/mol. The van der Waals surface area contributed by atoms with Crippen molar-refractivity contribution in [3.05, 3.63) is 65.7 Å². The average molecular weight is 351 g/mol. The number of hydrogen-bond acceptors (Lipinski definition) is 2. The fourth-order valence-corrected chi connectivity index (χ4v) is 3.78. The second kappa shape index (κ2) is 8.04. The first-order chi connectivity index (χ1) is 12.6. The molecule has 5 nitrogen and oxygen atoms in total. The minimum atomic E-state index is -0.508. The molecule has 2 aromatic carbocycles. The predicted molar refractivity (Wildman–Crippen MR) is 103 cm³/mol. The van der Waals surface area contributed by atoms with Crippen LogP contribution in [0.3, 0.4) is 0 Å². The van der Waals surface area contributed by atoms with E-state index in [4.69, 9.17) is 5.73 Å². The summed E-state index contributed by atoms with van der Waals surface area (Å²) in [4.78, 5) is 25.9. The quantitative estimate of drug-likeness (QED) is 0.874. The second-order valence-electron chi connectivity index (χ2n) is 6.86. The summed E-state index contributed by atoms with van der Waals surface area (Å²) < 4.78 is 0. The molecule has 1 saturated carbocycles. The maximum atomic E-state index is 12.8. The maximum absolute atomic E-state index is 12.8. The van der Waals surface area contributed by atoms with Gasteiger partial charge in [0.15, 0.2) is 0 Å². The van der Waals surface area contributed by atoms with E-state index in [1.54, 1.807) is 29.2 Å². The molecule has 3 amide bonds. The number of carbonyl (C=O) groups is 2. The number of primary amides is 1. The number of carbonyl (C=O) groups excluding carboxylic acids is 2. The number of urea groups is 1. The van der Waals surface area contributed by atoms with Gasteiger partial charge < -0.3 is 16.0 Å². The molecule has 0 bridgehead atoms. The number of nitrogens with zero attached hydrogens (tertiary/aromatic N) is 1. The number of nitrogens with two attached hydrogens (primary N) is 1. The van der Waals surface area contributed by atoms with Gasteiger partial charge in [0.05, 0.1) is 0 Å². The minimum Gasteiger partial charge on any atom is -0.366 e. The summed E-state index contributed by atoms with van der Waals surface area (Å²) in [6.45, 7) is 0. The molecule has 0 aliphatic heterocycles. The summed E-state index contributed by atoms with van der Waals surface area (Å²) in [7, 11) is 1.85. The average Bonchev–Trinajstić information content (AvgIpc) is 2.68. The van der Waals surface area contributed by atoms with Crippen LogP contribution in [-0.2, 0) is 0 Å². The summed E-state index contributed by atoms with van der Waals surface area (Å²) in [6.07, 6.45) is 4.39. The molecular weight excluding hydrogens is 326 g/mol. The molecule has 5 heteroatoms. The van der Waals surface area contributed by atoms with Gasteiger partial charge in [-0.05, 0) is 36.6 Å². The van der Waals surface area contributed by atoms with E-state index in [2.05, 4.69) is 29.6 Å². The lowest BCUT2D eigenvalue weighted by molar-refractivity contribution is 0.1000. The van der Waals surface area contributed by atoms with Crippen LogP contribution in [-0.4, -0.2) is 29.9 Å². The zero-order chi connectivity index (χ0) is 18.5. The van der Waals surface area contributed by atoms with E-state index in [1.165, 1.54) is 12.0 Å². The van der Waals surface area contributed by atoms with E-state index >= 15 is 0 Å². The van der Waals surface area contributed by atoms with Crippen LogP contribution < -0.4 is 11.1 Å². The fourth-order valence-electron chi connectivity index (χ4n) is 3.78. The third-order valence-electron chi connectivity index (χ3n) is 5.17. The summed E-state index contributed by atoms with van der Waals surface area (Å²) in [5, 5.41) is 2.89. The Bertz CT molecular complexity index is 776. The van der Waals surface area contributed by atoms with E-state index in [0.717, 1.165) is 19.3 Å². The van der Waals surface area contributed by atoms with Gasteiger partial charge in [0.1, 0.15) is 0 Å². The number of benzene rings is 2. The third-order valence-corrected chi connectivity index (χ3v) is 5.17. The first-order valence-electron chi connectivity index (χ1n) is 9.05. The van der Waals surface area contributed by atoms with Gasteiger partial charge in [-0.3, -0.25) is 4.79 Å². The molecule has 0 aromatic heterocycles. The standard InChI is InChI=1S/C21H25N3O2/c1-24(21(26)23-17-11-7-10-16(14-17)20(22)25)19-13-6-5-12-18(19)15-8-3-2-4-9-15/h2-4,7-11,14,18-19H,5-6,12-13H2,1H3,(H2,22,25)(H,23,26). The molecule has 2 aromatic rings. The molecule has 0 spiro atoms. The molecule has 1 aliphatic rings. The van der Waals surface area contributed by atoms with Crippen molar-refractivity contribution in [1.29, 1.82) is 0 Å². The van der Waals surface area contributed by atoms with Crippen LogP contribution in [0.5, 0.6) is 0 Å². The van der Waals surface area contributed by atoms with Crippen molar-refractivity contribution in [3.8, 4) is 0 Å². The minimum absolute atomic E-state index is 0.158. The molecule has 0 saturated heterocycles. The van der Waals surface area contributed by atoms with Crippen LogP contribution in [0.25, 0.3) is 0 Å². The van der Waals surface area contributed by atoms with Crippen molar-refractivity contribution in [2.24, 2.45) is 5.73 Å². The highest BCUT2D eigenvalue weighted by atomic mass is 16.2. The number of nitrogens with one attached hydrogen (secondary N) is 1. The summed E-state index contributed by atoms with van der Waals surface area (Å²) >= 11 is 0.